The fourth-order valence-corrected chi connectivity index (χ4v) is 1.97. The summed E-state index contributed by atoms with van der Waals surface area (Å²) in [6.45, 7) is 3.12. The maximum atomic E-state index is 11.4. The van der Waals surface area contributed by atoms with Crippen molar-refractivity contribution in [1.82, 2.24) is 9.99 Å². The molecule has 1 aliphatic heterocycles. The molecule has 5 nitrogen and oxygen atoms in total. The highest BCUT2D eigenvalue weighted by atomic mass is 16.4. The van der Waals surface area contributed by atoms with Crippen molar-refractivity contribution in [3.63, 3.8) is 0 Å². The average molecular weight is 247 g/mol. The van der Waals surface area contributed by atoms with Crippen molar-refractivity contribution in [2.24, 2.45) is 0 Å². The summed E-state index contributed by atoms with van der Waals surface area (Å²) in [6, 6.07) is 3.72. The maximum absolute atomic E-state index is 11.4. The van der Waals surface area contributed by atoms with Crippen molar-refractivity contribution in [2.45, 2.75) is 19.8 Å². The lowest BCUT2D eigenvalue weighted by Gasteiger charge is -2.35. The lowest BCUT2D eigenvalue weighted by atomic mass is 10.2. The molecule has 0 spiro atoms. The second-order valence-corrected chi connectivity index (χ2v) is 4.15. The number of aromatic nitrogens is 1. The van der Waals surface area contributed by atoms with Gasteiger partial charge in [0.25, 0.3) is 0 Å². The van der Waals surface area contributed by atoms with Crippen molar-refractivity contribution in [1.29, 1.82) is 0 Å². The summed E-state index contributed by atoms with van der Waals surface area (Å²) in [5.41, 5.74) is 1.66. The molecule has 0 saturated carbocycles. The molecule has 1 aliphatic rings. The Kier molecular flexibility index (Phi) is 3.82. The first kappa shape index (κ1) is 12.4. The van der Waals surface area contributed by atoms with Gasteiger partial charge in [0.15, 0.2) is 0 Å². The smallest absolute Gasteiger partial charge is 0.426 e. The molecule has 0 atom stereocenters. The molecule has 18 heavy (non-hydrogen) atoms. The van der Waals surface area contributed by atoms with Gasteiger partial charge >= 0.3 is 6.09 Å². The highest BCUT2D eigenvalue weighted by Crippen LogP contribution is 2.25. The first-order chi connectivity index (χ1) is 8.74. The first-order valence-electron chi connectivity index (χ1n) is 6.13. The molecule has 1 aromatic heterocycles. The summed E-state index contributed by atoms with van der Waals surface area (Å²) in [6.07, 6.45) is 6.45. The molecule has 0 fully saturated rings. The summed E-state index contributed by atoms with van der Waals surface area (Å²) in [5.74, 6) is 0. The van der Waals surface area contributed by atoms with Gasteiger partial charge in [-0.25, -0.2) is 9.80 Å². The van der Waals surface area contributed by atoms with Crippen molar-refractivity contribution in [3.05, 3.63) is 30.1 Å². The minimum absolute atomic E-state index is 0.508. The molecule has 1 aromatic rings. The Labute approximate surface area is 106 Å². The van der Waals surface area contributed by atoms with E-state index >= 15 is 0 Å². The van der Waals surface area contributed by atoms with Gasteiger partial charge in [0.2, 0.25) is 0 Å². The third-order valence-electron chi connectivity index (χ3n) is 2.88. The van der Waals surface area contributed by atoms with Gasteiger partial charge in [-0.15, -0.1) is 0 Å². The number of hydrogen-bond acceptors (Lipinski definition) is 3. The molecule has 1 amide bonds. The second kappa shape index (κ2) is 5.53. The lowest BCUT2D eigenvalue weighted by molar-refractivity contribution is 0.140. The molecule has 2 heterocycles. The summed E-state index contributed by atoms with van der Waals surface area (Å²) in [4.78, 5) is 15.6. The molecule has 5 heteroatoms. The van der Waals surface area contributed by atoms with Crippen LogP contribution in [0, 0.1) is 0 Å². The molecule has 96 valence electrons. The summed E-state index contributed by atoms with van der Waals surface area (Å²) in [5, 5.41) is 12.5. The van der Waals surface area contributed by atoms with Crippen LogP contribution in [-0.4, -0.2) is 34.3 Å². The van der Waals surface area contributed by atoms with Gasteiger partial charge in [0.1, 0.15) is 0 Å². The van der Waals surface area contributed by atoms with E-state index in [1.54, 1.807) is 11.2 Å². The molecule has 0 aromatic carbocycles. The van der Waals surface area contributed by atoms with Crippen LogP contribution in [0.4, 0.5) is 10.5 Å². The van der Waals surface area contributed by atoms with Crippen molar-refractivity contribution in [2.75, 3.05) is 18.1 Å². The van der Waals surface area contributed by atoms with Crippen LogP contribution in [0.2, 0.25) is 0 Å². The largest absolute Gasteiger partial charge is 0.464 e. The van der Waals surface area contributed by atoms with E-state index in [1.807, 2.05) is 31.2 Å². The zero-order chi connectivity index (χ0) is 13.0. The Morgan fingerprint density at radius 3 is 3.17 bits per heavy atom. The number of rotatable bonds is 4. The molecular weight excluding hydrogens is 230 g/mol. The predicted octanol–water partition coefficient (Wildman–Crippen LogP) is 2.61. The molecule has 0 radical (unpaired) electrons. The quantitative estimate of drug-likeness (QED) is 0.888. The predicted molar refractivity (Wildman–Crippen MR) is 70.3 cm³/mol. The fourth-order valence-electron chi connectivity index (χ4n) is 1.97. The molecular formula is C13H17N3O2. The number of amides is 1. The van der Waals surface area contributed by atoms with Crippen LogP contribution in [0.25, 0.3) is 6.08 Å². The fraction of sp³-hybridized carbons (Fsp3) is 0.385. The number of nitrogens with zero attached hydrogens (tertiary/aromatic N) is 3. The molecule has 0 bridgehead atoms. The van der Waals surface area contributed by atoms with Crippen LogP contribution >= 0.6 is 0 Å². The maximum Gasteiger partial charge on any atom is 0.426 e. The lowest BCUT2D eigenvalue weighted by Crippen LogP contribution is -2.47. The Morgan fingerprint density at radius 2 is 2.44 bits per heavy atom. The van der Waals surface area contributed by atoms with Crippen LogP contribution < -0.4 is 5.01 Å². The number of carboxylic acid groups (broad SMARTS) is 1. The number of fused-ring (bicyclic) bond motifs is 1. The third-order valence-corrected chi connectivity index (χ3v) is 2.88. The topological polar surface area (TPSA) is 56.7 Å². The Hall–Kier alpha value is -2.04. The number of hydrazine groups is 1. The van der Waals surface area contributed by atoms with Gasteiger partial charge in [-0.1, -0.05) is 19.4 Å². The van der Waals surface area contributed by atoms with Crippen LogP contribution in [-0.2, 0) is 0 Å². The summed E-state index contributed by atoms with van der Waals surface area (Å²) >= 11 is 0. The summed E-state index contributed by atoms with van der Waals surface area (Å²) < 4.78 is 0. The van der Waals surface area contributed by atoms with E-state index in [4.69, 9.17) is 0 Å². The number of pyridine rings is 1. The summed E-state index contributed by atoms with van der Waals surface area (Å²) in [7, 11) is 0. The van der Waals surface area contributed by atoms with Crippen molar-refractivity contribution < 1.29 is 9.90 Å². The van der Waals surface area contributed by atoms with Crippen LogP contribution in [0.5, 0.6) is 0 Å². The Bertz CT molecular complexity index is 459. The van der Waals surface area contributed by atoms with E-state index in [0.717, 1.165) is 24.2 Å². The minimum Gasteiger partial charge on any atom is -0.464 e. The number of anilines is 1. The SMILES string of the molecule is CCCCN(C(=O)O)N1CC=Cc2ncccc21. The minimum atomic E-state index is -0.923. The monoisotopic (exact) mass is 247 g/mol. The number of unbranched alkanes of at least 4 members (excludes halogenated alkanes) is 1. The van der Waals surface area contributed by atoms with Gasteiger partial charge in [0.05, 0.1) is 17.9 Å². The van der Waals surface area contributed by atoms with E-state index in [2.05, 4.69) is 4.98 Å². The second-order valence-electron chi connectivity index (χ2n) is 4.15. The standard InChI is InChI=1S/C13H17N3O2/c1-2-3-9-16(13(17)18)15-10-5-6-11-12(15)7-4-8-14-11/h4-8H,2-3,9-10H2,1H3,(H,17,18). The van der Waals surface area contributed by atoms with Crippen LogP contribution in [0.3, 0.4) is 0 Å². The third kappa shape index (κ3) is 2.45. The van der Waals surface area contributed by atoms with Gasteiger partial charge in [0, 0.05) is 12.7 Å². The zero-order valence-corrected chi connectivity index (χ0v) is 10.4. The molecule has 1 N–H and O–H groups in total. The molecule has 0 saturated heterocycles. The normalized spacial score (nSPS) is 13.3. The first-order valence-corrected chi connectivity index (χ1v) is 6.13. The Morgan fingerprint density at radius 1 is 1.61 bits per heavy atom. The number of carbonyl (C=O) groups is 1. The van der Waals surface area contributed by atoms with E-state index in [-0.39, 0.29) is 0 Å². The number of hydrogen-bond donors (Lipinski definition) is 1. The van der Waals surface area contributed by atoms with E-state index in [0.29, 0.717) is 13.1 Å². The average Bonchev–Trinajstić information content (AvgIpc) is 2.39. The van der Waals surface area contributed by atoms with E-state index in [1.165, 1.54) is 5.01 Å². The van der Waals surface area contributed by atoms with E-state index in [9.17, 15) is 9.90 Å². The molecule has 0 unspecified atom stereocenters. The van der Waals surface area contributed by atoms with Gasteiger partial charge < -0.3 is 5.11 Å². The van der Waals surface area contributed by atoms with Gasteiger partial charge in [-0.3, -0.25) is 9.99 Å². The zero-order valence-electron chi connectivity index (χ0n) is 10.4. The van der Waals surface area contributed by atoms with Crippen molar-refractivity contribution >= 4 is 17.9 Å². The van der Waals surface area contributed by atoms with E-state index < -0.39 is 6.09 Å². The highest BCUT2D eigenvalue weighted by molar-refractivity contribution is 5.73. The molecule has 0 aliphatic carbocycles. The van der Waals surface area contributed by atoms with Gasteiger partial charge in [-0.05, 0) is 24.6 Å². The van der Waals surface area contributed by atoms with Crippen molar-refractivity contribution in [3.8, 4) is 0 Å². The van der Waals surface area contributed by atoms with Gasteiger partial charge in [-0.2, -0.15) is 0 Å². The Balaban J connectivity index is 2.26. The van der Waals surface area contributed by atoms with Crippen LogP contribution in [0.1, 0.15) is 25.5 Å². The van der Waals surface area contributed by atoms with Crippen LogP contribution in [0.15, 0.2) is 24.4 Å². The molecule has 2 rings (SSSR count). The highest BCUT2D eigenvalue weighted by Gasteiger charge is 2.23.